The second kappa shape index (κ2) is 5.53. The molecule has 1 aromatic rings. The van der Waals surface area contributed by atoms with E-state index < -0.39 is 0 Å². The molecule has 1 aliphatic rings. The smallest absolute Gasteiger partial charge is 0.298 e. The summed E-state index contributed by atoms with van der Waals surface area (Å²) in [6, 6.07) is 0. The molecule has 0 saturated heterocycles. The van der Waals surface area contributed by atoms with Gasteiger partial charge in [0.25, 0.3) is 0 Å². The first kappa shape index (κ1) is 12.4. The Balaban J connectivity index is 2.12. The quantitative estimate of drug-likeness (QED) is 0.887. The molecule has 1 aromatic heterocycles. The Morgan fingerprint density at radius 3 is 3.00 bits per heavy atom. The molecule has 5 nitrogen and oxygen atoms in total. The van der Waals surface area contributed by atoms with Gasteiger partial charge in [-0.25, -0.2) is 9.89 Å². The van der Waals surface area contributed by atoms with Crippen molar-refractivity contribution < 1.29 is 4.79 Å². The van der Waals surface area contributed by atoms with Gasteiger partial charge in [0.1, 0.15) is 5.78 Å². The molecular weight excluding hydrogens is 238 g/mol. The second-order valence-electron chi connectivity index (χ2n) is 4.28. The lowest BCUT2D eigenvalue weighted by molar-refractivity contribution is -0.119. The Labute approximate surface area is 104 Å². The molecule has 0 aromatic carbocycles. The van der Waals surface area contributed by atoms with Crippen LogP contribution in [0.25, 0.3) is 0 Å². The molecule has 0 aliphatic heterocycles. The predicted octanol–water partition coefficient (Wildman–Crippen LogP) is 1.59. The van der Waals surface area contributed by atoms with Crippen molar-refractivity contribution >= 4 is 17.5 Å². The van der Waals surface area contributed by atoms with E-state index in [1.807, 2.05) is 6.92 Å². The van der Waals surface area contributed by atoms with Crippen molar-refractivity contribution in [1.29, 1.82) is 0 Å². The fraction of sp³-hybridized carbons (Fsp3) is 0.727. The molecule has 1 fully saturated rings. The highest BCUT2D eigenvalue weighted by Crippen LogP contribution is 2.29. The van der Waals surface area contributed by atoms with E-state index in [2.05, 4.69) is 10.2 Å². The van der Waals surface area contributed by atoms with Gasteiger partial charge in [-0.3, -0.25) is 9.36 Å². The largest absolute Gasteiger partial charge is 0.343 e. The van der Waals surface area contributed by atoms with Gasteiger partial charge in [-0.05, 0) is 19.3 Å². The normalized spacial score (nSPS) is 20.8. The monoisotopic (exact) mass is 255 g/mol. The third-order valence-electron chi connectivity index (χ3n) is 2.92. The predicted molar refractivity (Wildman–Crippen MR) is 66.3 cm³/mol. The van der Waals surface area contributed by atoms with Crippen LogP contribution in [0.5, 0.6) is 0 Å². The highest BCUT2D eigenvalue weighted by atomic mass is 32.2. The van der Waals surface area contributed by atoms with E-state index in [4.69, 9.17) is 0 Å². The summed E-state index contributed by atoms with van der Waals surface area (Å²) in [5.74, 6) is 0.291. The molecule has 94 valence electrons. The Morgan fingerprint density at radius 2 is 2.29 bits per heavy atom. The van der Waals surface area contributed by atoms with Crippen LogP contribution in [-0.2, 0) is 11.3 Å². The number of aromatic amines is 1. The summed E-state index contributed by atoms with van der Waals surface area (Å²) in [7, 11) is 0. The Bertz CT molecular complexity index is 452. The third kappa shape index (κ3) is 2.80. The number of hydrogen-bond donors (Lipinski definition) is 1. The molecule has 6 heteroatoms. The number of nitrogens with one attached hydrogen (secondary N) is 1. The first-order valence-electron chi connectivity index (χ1n) is 6.07. The standard InChI is InChI=1S/C11H17N3O2S/c1-2-7-14-10(16)12-13-11(14)17-9-6-4-3-5-8(9)15/h9H,2-7H2,1H3,(H,12,16)/t9-/m0/s1. The fourth-order valence-electron chi connectivity index (χ4n) is 2.02. The molecule has 0 unspecified atom stereocenters. The minimum Gasteiger partial charge on any atom is -0.298 e. The number of hydrogen-bond acceptors (Lipinski definition) is 4. The van der Waals surface area contributed by atoms with Gasteiger partial charge in [0.2, 0.25) is 0 Å². The Morgan fingerprint density at radius 1 is 1.47 bits per heavy atom. The lowest BCUT2D eigenvalue weighted by Gasteiger charge is -2.19. The van der Waals surface area contributed by atoms with Gasteiger partial charge in [-0.15, -0.1) is 5.10 Å². The van der Waals surface area contributed by atoms with Gasteiger partial charge < -0.3 is 0 Å². The minimum atomic E-state index is -0.183. The van der Waals surface area contributed by atoms with Crippen LogP contribution in [-0.4, -0.2) is 25.8 Å². The fourth-order valence-corrected chi connectivity index (χ4v) is 3.20. The van der Waals surface area contributed by atoms with Crippen LogP contribution in [0.1, 0.15) is 39.0 Å². The van der Waals surface area contributed by atoms with Gasteiger partial charge >= 0.3 is 5.69 Å². The number of carbonyl (C=O) groups is 1. The number of nitrogens with zero attached hydrogens (tertiary/aromatic N) is 2. The van der Waals surface area contributed by atoms with Crippen molar-refractivity contribution in [2.45, 2.75) is 56.0 Å². The molecule has 0 radical (unpaired) electrons. The van der Waals surface area contributed by atoms with Crippen LogP contribution in [0.2, 0.25) is 0 Å². The van der Waals surface area contributed by atoms with E-state index >= 15 is 0 Å². The van der Waals surface area contributed by atoms with Gasteiger partial charge in [-0.1, -0.05) is 25.1 Å². The van der Waals surface area contributed by atoms with Crippen molar-refractivity contribution in [3.05, 3.63) is 10.5 Å². The zero-order valence-electron chi connectivity index (χ0n) is 9.94. The first-order valence-corrected chi connectivity index (χ1v) is 6.95. The first-order chi connectivity index (χ1) is 8.22. The van der Waals surface area contributed by atoms with E-state index in [9.17, 15) is 9.59 Å². The second-order valence-corrected chi connectivity index (χ2v) is 5.45. The molecular formula is C11H17N3O2S. The number of Topliss-reactive ketones (excluding diaryl/α,β-unsaturated/α-hetero) is 1. The van der Waals surface area contributed by atoms with E-state index in [0.717, 1.165) is 25.7 Å². The van der Waals surface area contributed by atoms with E-state index in [1.165, 1.54) is 11.8 Å². The molecule has 1 heterocycles. The summed E-state index contributed by atoms with van der Waals surface area (Å²) in [6.07, 6.45) is 4.53. The molecule has 1 aliphatic carbocycles. The molecule has 17 heavy (non-hydrogen) atoms. The Kier molecular flexibility index (Phi) is 4.04. The molecule has 2 rings (SSSR count). The van der Waals surface area contributed by atoms with Gasteiger partial charge in [0.05, 0.1) is 5.25 Å². The van der Waals surface area contributed by atoms with Crippen LogP contribution in [0.15, 0.2) is 9.95 Å². The number of carbonyl (C=O) groups excluding carboxylic acids is 1. The van der Waals surface area contributed by atoms with Crippen LogP contribution in [0, 0.1) is 0 Å². The average Bonchev–Trinajstić information content (AvgIpc) is 2.65. The summed E-state index contributed by atoms with van der Waals surface area (Å²) in [5.41, 5.74) is -0.183. The average molecular weight is 255 g/mol. The highest BCUT2D eigenvalue weighted by molar-refractivity contribution is 8.00. The molecule has 0 spiro atoms. The zero-order chi connectivity index (χ0) is 12.3. The topological polar surface area (TPSA) is 67.8 Å². The van der Waals surface area contributed by atoms with E-state index in [1.54, 1.807) is 4.57 Å². The van der Waals surface area contributed by atoms with Crippen LogP contribution >= 0.6 is 11.8 Å². The number of ketones is 1. The number of aromatic nitrogens is 3. The maximum absolute atomic E-state index is 11.7. The lowest BCUT2D eigenvalue weighted by Crippen LogP contribution is -2.23. The van der Waals surface area contributed by atoms with Gasteiger partial charge in [-0.2, -0.15) is 0 Å². The van der Waals surface area contributed by atoms with Crippen LogP contribution < -0.4 is 5.69 Å². The van der Waals surface area contributed by atoms with Gasteiger partial charge in [0, 0.05) is 13.0 Å². The number of thioether (sulfide) groups is 1. The maximum Gasteiger partial charge on any atom is 0.343 e. The van der Waals surface area contributed by atoms with Crippen molar-refractivity contribution in [3.63, 3.8) is 0 Å². The van der Waals surface area contributed by atoms with Crippen LogP contribution in [0.3, 0.4) is 0 Å². The number of rotatable bonds is 4. The molecule has 0 amide bonds. The summed E-state index contributed by atoms with van der Waals surface area (Å²) >= 11 is 1.43. The summed E-state index contributed by atoms with van der Waals surface area (Å²) < 4.78 is 1.62. The highest BCUT2D eigenvalue weighted by Gasteiger charge is 2.25. The minimum absolute atomic E-state index is 0.0189. The van der Waals surface area contributed by atoms with Crippen molar-refractivity contribution in [2.75, 3.05) is 0 Å². The Hall–Kier alpha value is -1.04. The van der Waals surface area contributed by atoms with E-state index in [0.29, 0.717) is 23.9 Å². The molecule has 1 atom stereocenters. The SMILES string of the molecule is CCCn1c(S[C@H]2CCCCC2=O)n[nH]c1=O. The summed E-state index contributed by atoms with van der Waals surface area (Å²) in [4.78, 5) is 23.2. The summed E-state index contributed by atoms with van der Waals surface area (Å²) in [5, 5.41) is 7.08. The van der Waals surface area contributed by atoms with Crippen molar-refractivity contribution in [1.82, 2.24) is 14.8 Å². The zero-order valence-corrected chi connectivity index (χ0v) is 10.8. The van der Waals surface area contributed by atoms with E-state index in [-0.39, 0.29) is 10.9 Å². The van der Waals surface area contributed by atoms with Crippen LogP contribution in [0.4, 0.5) is 0 Å². The van der Waals surface area contributed by atoms with Crippen molar-refractivity contribution in [3.8, 4) is 0 Å². The third-order valence-corrected chi connectivity index (χ3v) is 4.22. The van der Waals surface area contributed by atoms with Gasteiger partial charge in [0.15, 0.2) is 5.16 Å². The molecule has 1 saturated carbocycles. The summed E-state index contributed by atoms with van der Waals surface area (Å²) in [6.45, 7) is 2.66. The maximum atomic E-state index is 11.7. The molecule has 1 N–H and O–H groups in total. The molecule has 0 bridgehead atoms. The van der Waals surface area contributed by atoms with Crippen molar-refractivity contribution in [2.24, 2.45) is 0 Å². The number of H-pyrrole nitrogens is 1. The lowest BCUT2D eigenvalue weighted by atomic mass is 9.99.